The lowest BCUT2D eigenvalue weighted by molar-refractivity contribution is 0.139. The van der Waals surface area contributed by atoms with Gasteiger partial charge in [-0.25, -0.2) is 4.98 Å². The molecule has 0 bridgehead atoms. The van der Waals surface area contributed by atoms with Gasteiger partial charge in [-0.05, 0) is 30.4 Å². The number of ether oxygens (including phenoxy) is 1. The van der Waals surface area contributed by atoms with Gasteiger partial charge in [0.25, 0.3) is 0 Å². The van der Waals surface area contributed by atoms with Crippen LogP contribution in [0.3, 0.4) is 0 Å². The van der Waals surface area contributed by atoms with E-state index in [0.29, 0.717) is 11.6 Å². The number of aromatic nitrogens is 2. The number of nitrogen functional groups attached to an aromatic ring is 1. The maximum absolute atomic E-state index is 5.86. The topological polar surface area (TPSA) is 64.3 Å². The molecule has 94 valence electrons. The molecule has 2 rings (SSSR count). The molecule has 5 nitrogen and oxygen atoms in total. The minimum absolute atomic E-state index is 0.244. The molecule has 1 fully saturated rings. The highest BCUT2D eigenvalue weighted by Crippen LogP contribution is 2.26. The van der Waals surface area contributed by atoms with E-state index >= 15 is 0 Å². The van der Waals surface area contributed by atoms with E-state index in [-0.39, 0.29) is 5.28 Å². The van der Waals surface area contributed by atoms with Crippen LogP contribution in [0.15, 0.2) is 6.20 Å². The molecule has 1 aromatic heterocycles. The van der Waals surface area contributed by atoms with Crippen LogP contribution in [-0.2, 0) is 4.74 Å². The Morgan fingerprint density at radius 1 is 1.53 bits per heavy atom. The van der Waals surface area contributed by atoms with Gasteiger partial charge in [-0.15, -0.1) is 0 Å². The molecule has 0 atom stereocenters. The molecule has 1 aromatic rings. The third kappa shape index (κ3) is 2.98. The number of methoxy groups -OCH3 is 1. The van der Waals surface area contributed by atoms with Crippen molar-refractivity contribution in [2.75, 3.05) is 37.4 Å². The van der Waals surface area contributed by atoms with Gasteiger partial charge < -0.3 is 15.4 Å². The number of rotatable bonds is 3. The van der Waals surface area contributed by atoms with Crippen molar-refractivity contribution in [2.24, 2.45) is 5.92 Å². The van der Waals surface area contributed by atoms with Crippen LogP contribution in [0.25, 0.3) is 0 Å². The smallest absolute Gasteiger partial charge is 0.224 e. The molecule has 2 N–H and O–H groups in total. The number of anilines is 2. The Bertz CT molecular complexity index is 380. The summed E-state index contributed by atoms with van der Waals surface area (Å²) in [6.45, 7) is 2.70. The molecular formula is C11H17ClN4O. The third-order valence-corrected chi connectivity index (χ3v) is 3.27. The second-order valence-corrected chi connectivity index (χ2v) is 4.64. The summed E-state index contributed by atoms with van der Waals surface area (Å²) in [5.74, 6) is 1.38. The van der Waals surface area contributed by atoms with Gasteiger partial charge in [0, 0.05) is 26.8 Å². The van der Waals surface area contributed by atoms with E-state index < -0.39 is 0 Å². The number of hydrogen-bond donors (Lipinski definition) is 1. The van der Waals surface area contributed by atoms with Crippen LogP contribution >= 0.6 is 11.6 Å². The summed E-state index contributed by atoms with van der Waals surface area (Å²) in [5, 5.41) is 0.244. The minimum Gasteiger partial charge on any atom is -0.394 e. The summed E-state index contributed by atoms with van der Waals surface area (Å²) >= 11 is 5.79. The van der Waals surface area contributed by atoms with Crippen molar-refractivity contribution in [1.29, 1.82) is 0 Å². The predicted octanol–water partition coefficient (Wildman–Crippen LogP) is 1.57. The highest BCUT2D eigenvalue weighted by molar-refractivity contribution is 6.28. The zero-order chi connectivity index (χ0) is 12.3. The average Bonchev–Trinajstić information content (AvgIpc) is 2.34. The van der Waals surface area contributed by atoms with Crippen molar-refractivity contribution in [1.82, 2.24) is 9.97 Å². The lowest BCUT2D eigenvalue weighted by Crippen LogP contribution is -2.36. The Balaban J connectivity index is 2.02. The van der Waals surface area contributed by atoms with Gasteiger partial charge >= 0.3 is 0 Å². The summed E-state index contributed by atoms with van der Waals surface area (Å²) in [4.78, 5) is 10.2. The molecule has 0 amide bonds. The van der Waals surface area contributed by atoms with E-state index in [1.54, 1.807) is 13.3 Å². The molecule has 0 radical (unpaired) electrons. The first-order valence-corrected chi connectivity index (χ1v) is 6.10. The maximum Gasteiger partial charge on any atom is 0.224 e. The van der Waals surface area contributed by atoms with Crippen LogP contribution < -0.4 is 10.6 Å². The molecule has 1 aliphatic rings. The SMILES string of the molecule is COCC1CCN(c2nc(Cl)ncc2N)CC1. The number of nitrogens with two attached hydrogens (primary N) is 1. The third-order valence-electron chi connectivity index (χ3n) is 3.08. The standard InChI is InChI=1S/C11H17ClN4O/c1-17-7-8-2-4-16(5-3-8)10-9(13)6-14-11(12)15-10/h6,8H,2-5,7,13H2,1H3. The Hall–Kier alpha value is -1.07. The van der Waals surface area contributed by atoms with E-state index in [0.717, 1.165) is 38.4 Å². The van der Waals surface area contributed by atoms with Gasteiger partial charge in [-0.1, -0.05) is 0 Å². The maximum atomic E-state index is 5.86. The second kappa shape index (κ2) is 5.51. The molecule has 0 saturated carbocycles. The lowest BCUT2D eigenvalue weighted by atomic mass is 9.98. The summed E-state index contributed by atoms with van der Waals surface area (Å²) in [6, 6.07) is 0. The Morgan fingerprint density at radius 3 is 2.88 bits per heavy atom. The van der Waals surface area contributed by atoms with Gasteiger partial charge in [0.2, 0.25) is 5.28 Å². The summed E-state index contributed by atoms with van der Waals surface area (Å²) < 4.78 is 5.18. The summed E-state index contributed by atoms with van der Waals surface area (Å²) in [5.41, 5.74) is 6.45. The van der Waals surface area contributed by atoms with Crippen LogP contribution in [0, 0.1) is 5.92 Å². The van der Waals surface area contributed by atoms with E-state index in [4.69, 9.17) is 22.1 Å². The molecule has 1 aliphatic heterocycles. The Kier molecular flexibility index (Phi) is 4.02. The highest BCUT2D eigenvalue weighted by atomic mass is 35.5. The lowest BCUT2D eigenvalue weighted by Gasteiger charge is -2.32. The Labute approximate surface area is 106 Å². The van der Waals surface area contributed by atoms with Gasteiger partial charge in [-0.3, -0.25) is 0 Å². The molecule has 0 aliphatic carbocycles. The fraction of sp³-hybridized carbons (Fsp3) is 0.636. The van der Waals surface area contributed by atoms with Crippen molar-refractivity contribution in [3.63, 3.8) is 0 Å². The van der Waals surface area contributed by atoms with Crippen LogP contribution in [0.5, 0.6) is 0 Å². The van der Waals surface area contributed by atoms with Gasteiger partial charge in [-0.2, -0.15) is 4.98 Å². The molecule has 0 aromatic carbocycles. The van der Waals surface area contributed by atoms with E-state index in [2.05, 4.69) is 14.9 Å². The monoisotopic (exact) mass is 256 g/mol. The number of piperidine rings is 1. The van der Waals surface area contributed by atoms with Crippen LogP contribution in [0.1, 0.15) is 12.8 Å². The van der Waals surface area contributed by atoms with Crippen molar-refractivity contribution in [2.45, 2.75) is 12.8 Å². The van der Waals surface area contributed by atoms with Gasteiger partial charge in [0.05, 0.1) is 11.9 Å². The normalized spacial score (nSPS) is 17.4. The molecule has 6 heteroatoms. The van der Waals surface area contributed by atoms with Crippen molar-refractivity contribution in [3.8, 4) is 0 Å². The van der Waals surface area contributed by atoms with Crippen molar-refractivity contribution >= 4 is 23.1 Å². The minimum atomic E-state index is 0.244. The largest absolute Gasteiger partial charge is 0.394 e. The molecule has 0 spiro atoms. The summed E-state index contributed by atoms with van der Waals surface area (Å²) in [6.07, 6.45) is 3.75. The molecule has 0 unspecified atom stereocenters. The zero-order valence-electron chi connectivity index (χ0n) is 9.90. The van der Waals surface area contributed by atoms with Crippen molar-refractivity contribution < 1.29 is 4.74 Å². The van der Waals surface area contributed by atoms with Gasteiger partial charge in [0.15, 0.2) is 5.82 Å². The molecule has 2 heterocycles. The summed E-state index contributed by atoms with van der Waals surface area (Å²) in [7, 11) is 1.74. The fourth-order valence-corrected chi connectivity index (χ4v) is 2.29. The molecule has 1 saturated heterocycles. The van der Waals surface area contributed by atoms with E-state index in [1.807, 2.05) is 0 Å². The first-order chi connectivity index (χ1) is 8.20. The first-order valence-electron chi connectivity index (χ1n) is 5.72. The molecular weight excluding hydrogens is 240 g/mol. The zero-order valence-corrected chi connectivity index (χ0v) is 10.7. The molecule has 17 heavy (non-hydrogen) atoms. The Morgan fingerprint density at radius 2 is 2.24 bits per heavy atom. The van der Waals surface area contributed by atoms with Gasteiger partial charge in [0.1, 0.15) is 0 Å². The fourth-order valence-electron chi connectivity index (χ4n) is 2.16. The van der Waals surface area contributed by atoms with Crippen LogP contribution in [0.4, 0.5) is 11.5 Å². The second-order valence-electron chi connectivity index (χ2n) is 4.30. The predicted molar refractivity (Wildman–Crippen MR) is 68.3 cm³/mol. The van der Waals surface area contributed by atoms with Crippen molar-refractivity contribution in [3.05, 3.63) is 11.5 Å². The highest BCUT2D eigenvalue weighted by Gasteiger charge is 2.21. The van der Waals surface area contributed by atoms with Crippen LogP contribution in [-0.4, -0.2) is 36.8 Å². The first kappa shape index (κ1) is 12.4. The number of hydrogen-bond acceptors (Lipinski definition) is 5. The quantitative estimate of drug-likeness (QED) is 0.832. The van der Waals surface area contributed by atoms with E-state index in [1.165, 1.54) is 0 Å². The number of nitrogens with zero attached hydrogens (tertiary/aromatic N) is 3. The van der Waals surface area contributed by atoms with E-state index in [9.17, 15) is 0 Å². The average molecular weight is 257 g/mol. The van der Waals surface area contributed by atoms with Crippen LogP contribution in [0.2, 0.25) is 5.28 Å². The number of halogens is 1.